The lowest BCUT2D eigenvalue weighted by atomic mass is 10.1. The Labute approximate surface area is 123 Å². The molecule has 1 atom stereocenters. The maximum Gasteiger partial charge on any atom is 0.122 e. The topological polar surface area (TPSA) is 45.9 Å². The van der Waals surface area contributed by atoms with Gasteiger partial charge in [-0.1, -0.05) is 25.5 Å². The minimum Gasteiger partial charge on any atom is -0.371 e. The molecular formula is C16H18N2OS. The van der Waals surface area contributed by atoms with E-state index in [1.54, 1.807) is 17.4 Å². The highest BCUT2D eigenvalue weighted by Gasteiger charge is 2.15. The Hall–Kier alpha value is -1.70. The Bertz CT molecular complexity index is 595. The minimum atomic E-state index is 0.0860. The molecule has 20 heavy (non-hydrogen) atoms. The molecule has 2 rings (SSSR count). The maximum atomic E-state index is 8.95. The van der Waals surface area contributed by atoms with Crippen LogP contribution in [0, 0.1) is 11.3 Å². The first kappa shape index (κ1) is 14.7. The highest BCUT2D eigenvalue weighted by atomic mass is 32.1. The third kappa shape index (κ3) is 3.44. The van der Waals surface area contributed by atoms with Gasteiger partial charge in [-0.3, -0.25) is 0 Å². The van der Waals surface area contributed by atoms with E-state index in [0.29, 0.717) is 12.2 Å². The smallest absolute Gasteiger partial charge is 0.122 e. The van der Waals surface area contributed by atoms with Gasteiger partial charge >= 0.3 is 0 Å². The molecular weight excluding hydrogens is 268 g/mol. The number of nitrogens with zero attached hydrogens (tertiary/aromatic N) is 2. The van der Waals surface area contributed by atoms with Crippen molar-refractivity contribution in [2.75, 3.05) is 6.61 Å². The summed E-state index contributed by atoms with van der Waals surface area (Å²) < 4.78 is 5.76. The zero-order valence-corrected chi connectivity index (χ0v) is 12.6. The van der Waals surface area contributed by atoms with Crippen LogP contribution in [0.25, 0.3) is 11.3 Å². The lowest BCUT2D eigenvalue weighted by Crippen LogP contribution is -2.03. The summed E-state index contributed by atoms with van der Waals surface area (Å²) in [5, 5.41) is 12.0. The molecule has 1 aromatic heterocycles. The summed E-state index contributed by atoms with van der Waals surface area (Å²) >= 11 is 1.63. The fourth-order valence-corrected chi connectivity index (χ4v) is 2.97. The molecule has 0 saturated heterocycles. The van der Waals surface area contributed by atoms with E-state index in [4.69, 9.17) is 10.00 Å². The molecule has 0 fully saturated rings. The molecule has 0 radical (unpaired) electrons. The zero-order valence-electron chi connectivity index (χ0n) is 11.8. The van der Waals surface area contributed by atoms with E-state index in [2.05, 4.69) is 18.0 Å². The number of nitriles is 1. The van der Waals surface area contributed by atoms with Crippen LogP contribution in [0.5, 0.6) is 0 Å². The van der Waals surface area contributed by atoms with Gasteiger partial charge < -0.3 is 4.74 Å². The van der Waals surface area contributed by atoms with E-state index < -0.39 is 0 Å². The third-order valence-corrected chi connectivity index (χ3v) is 3.94. The first-order valence-corrected chi connectivity index (χ1v) is 7.74. The van der Waals surface area contributed by atoms with Crippen LogP contribution in [0.4, 0.5) is 0 Å². The summed E-state index contributed by atoms with van der Waals surface area (Å²) in [5.74, 6) is 0. The fraction of sp³-hybridized carbons (Fsp3) is 0.375. The van der Waals surface area contributed by atoms with E-state index >= 15 is 0 Å². The summed E-state index contributed by atoms with van der Waals surface area (Å²) in [6.07, 6.45) is 2.14. The molecule has 0 aliphatic carbocycles. The molecule has 1 unspecified atom stereocenters. The molecule has 1 heterocycles. The van der Waals surface area contributed by atoms with Gasteiger partial charge in [-0.2, -0.15) is 5.26 Å². The number of benzene rings is 1. The predicted octanol–water partition coefficient (Wildman–Crippen LogP) is 4.56. The van der Waals surface area contributed by atoms with Crippen molar-refractivity contribution in [1.29, 1.82) is 5.26 Å². The van der Waals surface area contributed by atoms with Gasteiger partial charge in [0.1, 0.15) is 11.1 Å². The molecule has 2 aromatic rings. The number of hydrogen-bond donors (Lipinski definition) is 0. The summed E-state index contributed by atoms with van der Waals surface area (Å²) in [6, 6.07) is 9.70. The summed E-state index contributed by atoms with van der Waals surface area (Å²) in [7, 11) is 0. The minimum absolute atomic E-state index is 0.0860. The Morgan fingerprint density at radius 3 is 2.95 bits per heavy atom. The molecule has 0 amide bonds. The van der Waals surface area contributed by atoms with Gasteiger partial charge in [0.05, 0.1) is 17.3 Å². The van der Waals surface area contributed by atoms with E-state index in [0.717, 1.165) is 29.1 Å². The van der Waals surface area contributed by atoms with Crippen LogP contribution < -0.4 is 0 Å². The van der Waals surface area contributed by atoms with Crippen molar-refractivity contribution in [3.05, 3.63) is 40.2 Å². The Balaban J connectivity index is 2.25. The second kappa shape index (κ2) is 7.18. The van der Waals surface area contributed by atoms with E-state index in [1.807, 2.05) is 30.5 Å². The van der Waals surface area contributed by atoms with Crippen LogP contribution in [0.2, 0.25) is 0 Å². The molecule has 104 valence electrons. The monoisotopic (exact) mass is 286 g/mol. The number of thiazole rings is 1. The van der Waals surface area contributed by atoms with Gasteiger partial charge in [0.15, 0.2) is 0 Å². The van der Waals surface area contributed by atoms with Crippen molar-refractivity contribution in [3.63, 3.8) is 0 Å². The molecule has 0 aliphatic heterocycles. The van der Waals surface area contributed by atoms with Gasteiger partial charge in [0.25, 0.3) is 0 Å². The summed E-state index contributed by atoms with van der Waals surface area (Å²) in [4.78, 5) is 4.68. The molecule has 1 aromatic carbocycles. The summed E-state index contributed by atoms with van der Waals surface area (Å²) in [6.45, 7) is 4.86. The Kier molecular flexibility index (Phi) is 5.28. The van der Waals surface area contributed by atoms with Crippen LogP contribution in [-0.4, -0.2) is 11.6 Å². The van der Waals surface area contributed by atoms with Crippen LogP contribution >= 0.6 is 11.3 Å². The average molecular weight is 286 g/mol. The van der Waals surface area contributed by atoms with Gasteiger partial charge in [-0.05, 0) is 25.5 Å². The van der Waals surface area contributed by atoms with Gasteiger partial charge in [0, 0.05) is 17.6 Å². The first-order chi connectivity index (χ1) is 9.78. The van der Waals surface area contributed by atoms with E-state index in [-0.39, 0.29) is 6.10 Å². The lowest BCUT2D eigenvalue weighted by Gasteiger charge is -2.12. The second-order valence-corrected chi connectivity index (χ2v) is 5.39. The SMILES string of the molecule is CCCC(OCC)c1nc(-c2cccc(C#N)c2)cs1. The van der Waals surface area contributed by atoms with Gasteiger partial charge in [-0.25, -0.2) is 4.98 Å². The molecule has 3 nitrogen and oxygen atoms in total. The van der Waals surface area contributed by atoms with Crippen molar-refractivity contribution in [1.82, 2.24) is 4.98 Å². The Morgan fingerprint density at radius 2 is 2.25 bits per heavy atom. The van der Waals surface area contributed by atoms with Crippen molar-refractivity contribution >= 4 is 11.3 Å². The van der Waals surface area contributed by atoms with Crippen LogP contribution in [0.1, 0.15) is 43.4 Å². The van der Waals surface area contributed by atoms with E-state index in [9.17, 15) is 0 Å². The van der Waals surface area contributed by atoms with Crippen molar-refractivity contribution in [2.45, 2.75) is 32.8 Å². The molecule has 4 heteroatoms. The zero-order chi connectivity index (χ0) is 14.4. The first-order valence-electron chi connectivity index (χ1n) is 6.86. The predicted molar refractivity (Wildman–Crippen MR) is 81.5 cm³/mol. The fourth-order valence-electron chi connectivity index (χ4n) is 2.06. The number of ether oxygens (including phenoxy) is 1. The lowest BCUT2D eigenvalue weighted by molar-refractivity contribution is 0.0555. The number of hydrogen-bond acceptors (Lipinski definition) is 4. The van der Waals surface area contributed by atoms with Crippen molar-refractivity contribution in [2.24, 2.45) is 0 Å². The molecule has 0 spiro atoms. The standard InChI is InChI=1S/C16H18N2OS/c1-3-6-15(19-4-2)16-18-14(11-20-16)13-8-5-7-12(9-13)10-17/h5,7-9,11,15H,3-4,6H2,1-2H3. The molecule has 0 saturated carbocycles. The van der Waals surface area contributed by atoms with Crippen molar-refractivity contribution < 1.29 is 4.74 Å². The molecule has 0 N–H and O–H groups in total. The van der Waals surface area contributed by atoms with E-state index in [1.165, 1.54) is 0 Å². The normalized spacial score (nSPS) is 12.1. The highest BCUT2D eigenvalue weighted by Crippen LogP contribution is 2.30. The molecule has 0 bridgehead atoms. The van der Waals surface area contributed by atoms with Gasteiger partial charge in [-0.15, -0.1) is 11.3 Å². The largest absolute Gasteiger partial charge is 0.371 e. The second-order valence-electron chi connectivity index (χ2n) is 4.50. The maximum absolute atomic E-state index is 8.95. The Morgan fingerprint density at radius 1 is 1.40 bits per heavy atom. The van der Waals surface area contributed by atoms with Crippen LogP contribution in [0.15, 0.2) is 29.6 Å². The van der Waals surface area contributed by atoms with Crippen molar-refractivity contribution in [3.8, 4) is 17.3 Å². The summed E-state index contributed by atoms with van der Waals surface area (Å²) in [5.41, 5.74) is 2.56. The molecule has 0 aliphatic rings. The number of rotatable bonds is 6. The average Bonchev–Trinajstić information content (AvgIpc) is 2.97. The number of aromatic nitrogens is 1. The van der Waals surface area contributed by atoms with Crippen LogP contribution in [-0.2, 0) is 4.74 Å². The third-order valence-electron chi connectivity index (χ3n) is 3.00. The van der Waals surface area contributed by atoms with Gasteiger partial charge in [0.2, 0.25) is 0 Å². The quantitative estimate of drug-likeness (QED) is 0.782. The highest BCUT2D eigenvalue weighted by molar-refractivity contribution is 7.10. The van der Waals surface area contributed by atoms with Crippen LogP contribution in [0.3, 0.4) is 0 Å².